The Hall–Kier alpha value is -3.50. The van der Waals surface area contributed by atoms with Gasteiger partial charge in [-0.25, -0.2) is 4.79 Å². The van der Waals surface area contributed by atoms with Gasteiger partial charge in [-0.1, -0.05) is 48.5 Å². The second-order valence-electron chi connectivity index (χ2n) is 9.82. The maximum absolute atomic E-state index is 13.2. The van der Waals surface area contributed by atoms with E-state index in [-0.39, 0.29) is 43.2 Å². The van der Waals surface area contributed by atoms with E-state index >= 15 is 0 Å². The molecule has 1 aliphatic rings. The molecule has 10 heteroatoms. The van der Waals surface area contributed by atoms with E-state index in [0.29, 0.717) is 38.2 Å². The lowest BCUT2D eigenvalue weighted by molar-refractivity contribution is -0.136. The number of rotatable bonds is 5. The molecule has 0 unspecified atom stereocenters. The third-order valence-corrected chi connectivity index (χ3v) is 6.88. The minimum atomic E-state index is -0.379. The summed E-state index contributed by atoms with van der Waals surface area (Å²) < 4.78 is 7.98. The summed E-state index contributed by atoms with van der Waals surface area (Å²) >= 11 is 0. The van der Waals surface area contributed by atoms with Crippen LogP contribution in [0.4, 0.5) is 10.5 Å². The van der Waals surface area contributed by atoms with E-state index in [1.807, 2.05) is 62.5 Å². The van der Waals surface area contributed by atoms with Gasteiger partial charge >= 0.3 is 6.03 Å². The lowest BCUT2D eigenvalue weighted by Crippen LogP contribution is -2.48. The molecule has 3 amide bonds. The van der Waals surface area contributed by atoms with Crippen molar-refractivity contribution in [2.45, 2.75) is 52.0 Å². The van der Waals surface area contributed by atoms with E-state index in [1.54, 1.807) is 21.5 Å². The number of carbonyl (C=O) groups is 2. The number of likely N-dealkylation sites (N-methyl/N-ethyl adjacent to an activating group) is 1. The molecule has 198 valence electrons. The number of aliphatic hydroxyl groups is 1. The molecule has 1 aromatic heterocycles. The molecule has 0 spiro atoms. The number of ether oxygens (including phenoxy) is 1. The summed E-state index contributed by atoms with van der Waals surface area (Å²) in [6.07, 6.45) is 2.43. The summed E-state index contributed by atoms with van der Waals surface area (Å²) in [7, 11) is 1.73. The van der Waals surface area contributed by atoms with Crippen LogP contribution in [0.25, 0.3) is 10.8 Å². The van der Waals surface area contributed by atoms with Gasteiger partial charge < -0.3 is 25.0 Å². The van der Waals surface area contributed by atoms with Gasteiger partial charge in [0.1, 0.15) is 5.69 Å². The van der Waals surface area contributed by atoms with Crippen LogP contribution in [0.3, 0.4) is 0 Å². The van der Waals surface area contributed by atoms with Crippen LogP contribution in [0.5, 0.6) is 0 Å². The standard InChI is InChI=1S/C27H36N6O4/c1-19-14-33(20(2)17-34)26(35)12-7-13-32-15-22(29-30-32)18-37-25(19)16-31(3)27(36)28-24-11-6-9-21-8-4-5-10-23(21)24/h4-6,8-11,15,19-20,25,34H,7,12-14,16-18H2,1-3H3,(H,28,36)/t19-,20+,25+/m1/s1. The molecule has 3 aromatic rings. The molecule has 2 heterocycles. The highest BCUT2D eigenvalue weighted by Gasteiger charge is 2.29. The first-order chi connectivity index (χ1) is 17.9. The molecule has 2 aromatic carbocycles. The Morgan fingerprint density at radius 2 is 2.05 bits per heavy atom. The molecule has 1 aliphatic heterocycles. The fourth-order valence-electron chi connectivity index (χ4n) is 4.59. The van der Waals surface area contributed by atoms with E-state index in [9.17, 15) is 14.7 Å². The van der Waals surface area contributed by atoms with Crippen LogP contribution in [0, 0.1) is 5.92 Å². The number of aryl methyl sites for hydroxylation is 1. The Labute approximate surface area is 217 Å². The van der Waals surface area contributed by atoms with Crippen molar-refractivity contribution >= 4 is 28.4 Å². The summed E-state index contributed by atoms with van der Waals surface area (Å²) in [6, 6.07) is 13.1. The first-order valence-corrected chi connectivity index (χ1v) is 12.8. The Balaban J connectivity index is 1.51. The minimum Gasteiger partial charge on any atom is -0.394 e. The minimum absolute atomic E-state index is 0.0196. The SMILES string of the molecule is C[C@@H]1CN([C@@H](C)CO)C(=O)CCCn2cc(nn2)CO[C@H]1CN(C)C(=O)Nc1cccc2ccccc12. The molecular formula is C27H36N6O4. The number of carbonyl (C=O) groups excluding carboxylic acids is 2. The van der Waals surface area contributed by atoms with E-state index in [4.69, 9.17) is 4.74 Å². The van der Waals surface area contributed by atoms with E-state index in [0.717, 1.165) is 16.5 Å². The van der Waals surface area contributed by atoms with Crippen molar-refractivity contribution in [3.63, 3.8) is 0 Å². The largest absolute Gasteiger partial charge is 0.394 e. The number of hydrogen-bond donors (Lipinski definition) is 2. The molecule has 10 nitrogen and oxygen atoms in total. The quantitative estimate of drug-likeness (QED) is 0.548. The number of anilines is 1. The summed E-state index contributed by atoms with van der Waals surface area (Å²) in [5.74, 6) is -0.129. The molecule has 4 rings (SSSR count). The Morgan fingerprint density at radius 1 is 1.27 bits per heavy atom. The van der Waals surface area contributed by atoms with Gasteiger partial charge in [0, 0.05) is 44.4 Å². The molecular weight excluding hydrogens is 472 g/mol. The third-order valence-electron chi connectivity index (χ3n) is 6.88. The average molecular weight is 509 g/mol. The van der Waals surface area contributed by atoms with E-state index in [1.165, 1.54) is 0 Å². The maximum Gasteiger partial charge on any atom is 0.321 e. The number of benzene rings is 2. The van der Waals surface area contributed by atoms with Crippen LogP contribution < -0.4 is 5.32 Å². The third kappa shape index (κ3) is 6.64. The molecule has 0 aliphatic carbocycles. The zero-order chi connectivity index (χ0) is 26.4. The van der Waals surface area contributed by atoms with Gasteiger partial charge in [0.05, 0.1) is 37.2 Å². The summed E-state index contributed by atoms with van der Waals surface area (Å²) in [6.45, 7) is 5.26. The normalized spacial score (nSPS) is 20.0. The molecule has 0 saturated carbocycles. The second-order valence-corrected chi connectivity index (χ2v) is 9.82. The first-order valence-electron chi connectivity index (χ1n) is 12.8. The number of nitrogens with zero attached hydrogens (tertiary/aromatic N) is 5. The lowest BCUT2D eigenvalue weighted by atomic mass is 10.0. The van der Waals surface area contributed by atoms with Crippen LogP contribution in [-0.2, 0) is 22.7 Å². The van der Waals surface area contributed by atoms with Crippen molar-refractivity contribution in [1.29, 1.82) is 0 Å². The molecule has 0 fully saturated rings. The van der Waals surface area contributed by atoms with Gasteiger partial charge in [-0.05, 0) is 24.8 Å². The Bertz CT molecular complexity index is 1210. The van der Waals surface area contributed by atoms with Crippen molar-refractivity contribution in [1.82, 2.24) is 24.8 Å². The molecule has 37 heavy (non-hydrogen) atoms. The summed E-state index contributed by atoms with van der Waals surface area (Å²) in [4.78, 5) is 29.5. The van der Waals surface area contributed by atoms with Crippen molar-refractivity contribution < 1.29 is 19.4 Å². The van der Waals surface area contributed by atoms with Gasteiger partial charge in [-0.15, -0.1) is 5.10 Å². The van der Waals surface area contributed by atoms with Crippen LogP contribution >= 0.6 is 0 Å². The van der Waals surface area contributed by atoms with Crippen molar-refractivity contribution in [2.24, 2.45) is 5.92 Å². The molecule has 3 atom stereocenters. The van der Waals surface area contributed by atoms with Crippen LogP contribution in [-0.4, -0.2) is 80.7 Å². The van der Waals surface area contributed by atoms with Crippen molar-refractivity contribution in [3.8, 4) is 0 Å². The Morgan fingerprint density at radius 3 is 2.86 bits per heavy atom. The highest BCUT2D eigenvalue weighted by atomic mass is 16.5. The number of urea groups is 1. The van der Waals surface area contributed by atoms with Crippen molar-refractivity contribution in [3.05, 3.63) is 54.4 Å². The first kappa shape index (κ1) is 26.6. The van der Waals surface area contributed by atoms with Gasteiger partial charge in [-0.3, -0.25) is 9.48 Å². The fourth-order valence-corrected chi connectivity index (χ4v) is 4.59. The van der Waals surface area contributed by atoms with Crippen molar-refractivity contribution in [2.75, 3.05) is 32.1 Å². The smallest absolute Gasteiger partial charge is 0.321 e. The maximum atomic E-state index is 13.2. The van der Waals surface area contributed by atoms with E-state index < -0.39 is 0 Å². The number of hydrogen-bond acceptors (Lipinski definition) is 6. The predicted molar refractivity (Wildman–Crippen MR) is 141 cm³/mol. The van der Waals surface area contributed by atoms with Gasteiger partial charge in [-0.2, -0.15) is 0 Å². The highest BCUT2D eigenvalue weighted by Crippen LogP contribution is 2.24. The number of aromatic nitrogens is 3. The van der Waals surface area contributed by atoms with Gasteiger partial charge in [0.25, 0.3) is 0 Å². The second kappa shape index (κ2) is 12.2. The van der Waals surface area contributed by atoms with Crippen LogP contribution in [0.1, 0.15) is 32.4 Å². The Kier molecular flexibility index (Phi) is 8.73. The van der Waals surface area contributed by atoms with E-state index in [2.05, 4.69) is 15.6 Å². The molecule has 0 radical (unpaired) electrons. The zero-order valence-electron chi connectivity index (χ0n) is 21.7. The number of nitrogens with one attached hydrogen (secondary N) is 1. The number of amides is 3. The summed E-state index contributed by atoms with van der Waals surface area (Å²) in [5.41, 5.74) is 1.44. The van der Waals surface area contributed by atoms with Crippen LogP contribution in [0.15, 0.2) is 48.7 Å². The highest BCUT2D eigenvalue weighted by molar-refractivity contribution is 6.01. The lowest BCUT2D eigenvalue weighted by Gasteiger charge is -2.35. The molecule has 2 N–H and O–H groups in total. The number of aliphatic hydroxyl groups excluding tert-OH is 1. The number of fused-ring (bicyclic) bond motifs is 3. The molecule has 0 saturated heterocycles. The average Bonchev–Trinajstić information content (AvgIpc) is 3.36. The van der Waals surface area contributed by atoms with Gasteiger partial charge in [0.15, 0.2) is 0 Å². The zero-order valence-corrected chi connectivity index (χ0v) is 21.7. The summed E-state index contributed by atoms with van der Waals surface area (Å²) in [5, 5.41) is 23.1. The topological polar surface area (TPSA) is 113 Å². The van der Waals surface area contributed by atoms with Crippen LogP contribution in [0.2, 0.25) is 0 Å². The predicted octanol–water partition coefficient (Wildman–Crippen LogP) is 3.12. The fraction of sp³-hybridized carbons (Fsp3) is 0.481. The monoisotopic (exact) mass is 508 g/mol. The van der Waals surface area contributed by atoms with Gasteiger partial charge in [0.2, 0.25) is 5.91 Å². The molecule has 2 bridgehead atoms.